The van der Waals surface area contributed by atoms with Crippen molar-refractivity contribution in [2.24, 2.45) is 0 Å². The molecule has 4 rings (SSSR count). The fourth-order valence-corrected chi connectivity index (χ4v) is 4.58. The van der Waals surface area contributed by atoms with Gasteiger partial charge in [0.05, 0.1) is 18.4 Å². The summed E-state index contributed by atoms with van der Waals surface area (Å²) in [6.07, 6.45) is -3.44. The SMILES string of the molecule is CONc1ccc(NC(=O)C(O)(C#Cc2ccccc2)CC2(c3ccccc3Cl)CC2)cc1C(F)(F)F. The summed E-state index contributed by atoms with van der Waals surface area (Å²) in [4.78, 5) is 18.1. The van der Waals surface area contributed by atoms with Gasteiger partial charge in [0.15, 0.2) is 0 Å². The Morgan fingerprint density at radius 2 is 1.76 bits per heavy atom. The van der Waals surface area contributed by atoms with E-state index in [1.165, 1.54) is 13.2 Å². The van der Waals surface area contributed by atoms with Gasteiger partial charge < -0.3 is 10.4 Å². The van der Waals surface area contributed by atoms with Crippen molar-refractivity contribution in [2.45, 2.75) is 36.5 Å². The average molecular weight is 529 g/mol. The number of rotatable bonds is 7. The van der Waals surface area contributed by atoms with E-state index >= 15 is 0 Å². The fraction of sp³-hybridized carbons (Fsp3) is 0.250. The fourth-order valence-electron chi connectivity index (χ4n) is 4.24. The molecule has 1 unspecified atom stereocenters. The highest BCUT2D eigenvalue weighted by atomic mass is 35.5. The van der Waals surface area contributed by atoms with E-state index in [1.54, 1.807) is 42.5 Å². The van der Waals surface area contributed by atoms with Crippen LogP contribution in [-0.2, 0) is 21.2 Å². The Labute approximate surface area is 217 Å². The standard InChI is InChI=1S/C28H24ClF3N2O3/c1-37-34-24-12-11-20(17-22(24)28(30,31)32)33-25(35)27(36,14-13-19-7-3-2-4-8-19)18-26(15-16-26)21-9-5-6-10-23(21)29/h2-12,17,34,36H,15-16,18H2,1H3,(H,33,35). The third-order valence-electron chi connectivity index (χ3n) is 6.25. The lowest BCUT2D eigenvalue weighted by Gasteiger charge is -2.28. The quantitative estimate of drug-likeness (QED) is 0.253. The first-order valence-electron chi connectivity index (χ1n) is 11.4. The first-order valence-corrected chi connectivity index (χ1v) is 11.8. The molecule has 0 radical (unpaired) electrons. The van der Waals surface area contributed by atoms with Gasteiger partial charge in [0.1, 0.15) is 0 Å². The van der Waals surface area contributed by atoms with Gasteiger partial charge in [-0.05, 0) is 54.8 Å². The minimum atomic E-state index is -4.72. The molecule has 0 heterocycles. The monoisotopic (exact) mass is 528 g/mol. The van der Waals surface area contributed by atoms with Crippen molar-refractivity contribution in [3.63, 3.8) is 0 Å². The maximum absolute atomic E-state index is 13.6. The zero-order chi connectivity index (χ0) is 26.7. The minimum absolute atomic E-state index is 0.0785. The molecular weight excluding hydrogens is 505 g/mol. The summed E-state index contributed by atoms with van der Waals surface area (Å²) in [6, 6.07) is 19.2. The van der Waals surface area contributed by atoms with Crippen LogP contribution in [0.1, 0.15) is 36.0 Å². The maximum Gasteiger partial charge on any atom is 0.418 e. The van der Waals surface area contributed by atoms with Crippen LogP contribution < -0.4 is 10.8 Å². The molecule has 1 atom stereocenters. The molecule has 1 amide bonds. The Morgan fingerprint density at radius 1 is 1.08 bits per heavy atom. The van der Waals surface area contributed by atoms with Gasteiger partial charge in [0, 0.05) is 28.1 Å². The van der Waals surface area contributed by atoms with Crippen molar-refractivity contribution in [1.82, 2.24) is 0 Å². The summed E-state index contributed by atoms with van der Waals surface area (Å²) in [5, 5.41) is 14.5. The minimum Gasteiger partial charge on any atom is -0.369 e. The van der Waals surface area contributed by atoms with Crippen LogP contribution in [0.5, 0.6) is 0 Å². The van der Waals surface area contributed by atoms with E-state index in [9.17, 15) is 23.1 Å². The molecular formula is C28H24ClF3N2O3. The van der Waals surface area contributed by atoms with Crippen LogP contribution in [0, 0.1) is 11.8 Å². The summed E-state index contributed by atoms with van der Waals surface area (Å²) in [5.41, 5.74) is -0.765. The van der Waals surface area contributed by atoms with E-state index in [0.29, 0.717) is 23.4 Å². The van der Waals surface area contributed by atoms with E-state index in [-0.39, 0.29) is 17.8 Å². The van der Waals surface area contributed by atoms with E-state index in [1.807, 2.05) is 12.1 Å². The summed E-state index contributed by atoms with van der Waals surface area (Å²) in [6.45, 7) is 0. The molecule has 192 valence electrons. The van der Waals surface area contributed by atoms with Gasteiger partial charge in [-0.3, -0.25) is 15.1 Å². The van der Waals surface area contributed by atoms with Crippen molar-refractivity contribution >= 4 is 28.9 Å². The summed E-state index contributed by atoms with van der Waals surface area (Å²) < 4.78 is 40.8. The van der Waals surface area contributed by atoms with Crippen LogP contribution in [0.4, 0.5) is 24.5 Å². The van der Waals surface area contributed by atoms with E-state index in [2.05, 4.69) is 27.5 Å². The molecule has 0 spiro atoms. The molecule has 1 aliphatic rings. The molecule has 9 heteroatoms. The molecule has 1 saturated carbocycles. The summed E-state index contributed by atoms with van der Waals surface area (Å²) in [5.74, 6) is 4.58. The second-order valence-electron chi connectivity index (χ2n) is 8.93. The van der Waals surface area contributed by atoms with E-state index < -0.39 is 28.7 Å². The van der Waals surface area contributed by atoms with Gasteiger partial charge >= 0.3 is 6.18 Å². The van der Waals surface area contributed by atoms with Crippen molar-refractivity contribution in [3.05, 3.63) is 94.5 Å². The lowest BCUT2D eigenvalue weighted by atomic mass is 9.82. The highest BCUT2D eigenvalue weighted by Gasteiger charge is 2.53. The second kappa shape index (κ2) is 10.5. The number of alkyl halides is 3. The molecule has 5 nitrogen and oxygen atoms in total. The molecule has 0 aromatic heterocycles. The number of nitrogens with one attached hydrogen (secondary N) is 2. The number of benzene rings is 3. The smallest absolute Gasteiger partial charge is 0.369 e. The lowest BCUT2D eigenvalue weighted by Crippen LogP contribution is -2.44. The molecule has 3 aromatic rings. The van der Waals surface area contributed by atoms with Crippen molar-refractivity contribution in [1.29, 1.82) is 0 Å². The summed E-state index contributed by atoms with van der Waals surface area (Å²) >= 11 is 6.42. The number of halogens is 4. The Kier molecular flexibility index (Phi) is 7.51. The number of anilines is 2. The van der Waals surface area contributed by atoms with Crippen LogP contribution >= 0.6 is 11.6 Å². The zero-order valence-electron chi connectivity index (χ0n) is 19.8. The first kappa shape index (κ1) is 26.6. The predicted molar refractivity (Wildman–Crippen MR) is 136 cm³/mol. The highest BCUT2D eigenvalue weighted by Crippen LogP contribution is 2.55. The number of carbonyl (C=O) groups is 1. The third kappa shape index (κ3) is 6.08. The molecule has 0 saturated heterocycles. The van der Waals surface area contributed by atoms with Gasteiger partial charge in [-0.15, -0.1) is 0 Å². The zero-order valence-corrected chi connectivity index (χ0v) is 20.6. The van der Waals surface area contributed by atoms with Crippen LogP contribution in [0.15, 0.2) is 72.8 Å². The molecule has 0 bridgehead atoms. The Morgan fingerprint density at radius 3 is 2.38 bits per heavy atom. The van der Waals surface area contributed by atoms with Crippen LogP contribution in [0.25, 0.3) is 0 Å². The van der Waals surface area contributed by atoms with Crippen molar-refractivity contribution in [2.75, 3.05) is 17.9 Å². The van der Waals surface area contributed by atoms with Crippen LogP contribution in [0.2, 0.25) is 5.02 Å². The molecule has 1 fully saturated rings. The van der Waals surface area contributed by atoms with Gasteiger partial charge in [-0.1, -0.05) is 59.8 Å². The Bertz CT molecular complexity index is 1350. The van der Waals surface area contributed by atoms with Gasteiger partial charge in [-0.25, -0.2) is 0 Å². The molecule has 37 heavy (non-hydrogen) atoms. The second-order valence-corrected chi connectivity index (χ2v) is 9.34. The molecule has 0 aliphatic heterocycles. The number of hydrogen-bond donors (Lipinski definition) is 3. The van der Waals surface area contributed by atoms with Crippen molar-refractivity contribution in [3.8, 4) is 11.8 Å². The van der Waals surface area contributed by atoms with Gasteiger partial charge in [0.25, 0.3) is 5.91 Å². The Hall–Kier alpha value is -3.51. The average Bonchev–Trinajstić information content (AvgIpc) is 3.64. The lowest BCUT2D eigenvalue weighted by molar-refractivity contribution is -0.137. The van der Waals surface area contributed by atoms with E-state index in [0.717, 1.165) is 17.7 Å². The van der Waals surface area contributed by atoms with E-state index in [4.69, 9.17) is 11.6 Å². The highest BCUT2D eigenvalue weighted by molar-refractivity contribution is 6.31. The third-order valence-corrected chi connectivity index (χ3v) is 6.58. The largest absolute Gasteiger partial charge is 0.418 e. The topological polar surface area (TPSA) is 70.6 Å². The number of aliphatic hydroxyl groups is 1. The normalized spacial score (nSPS) is 15.6. The van der Waals surface area contributed by atoms with Gasteiger partial charge in [-0.2, -0.15) is 13.2 Å². The molecule has 3 N–H and O–H groups in total. The van der Waals surface area contributed by atoms with Crippen molar-refractivity contribution < 1.29 is 27.9 Å². The maximum atomic E-state index is 13.6. The van der Waals surface area contributed by atoms with Crippen LogP contribution in [0.3, 0.4) is 0 Å². The van der Waals surface area contributed by atoms with Gasteiger partial charge in [0.2, 0.25) is 5.60 Å². The first-order chi connectivity index (χ1) is 17.6. The number of carbonyl (C=O) groups excluding carboxylic acids is 1. The number of amides is 1. The predicted octanol–water partition coefficient (Wildman–Crippen LogP) is 6.18. The Balaban J connectivity index is 1.69. The molecule has 3 aromatic carbocycles. The summed E-state index contributed by atoms with van der Waals surface area (Å²) in [7, 11) is 1.19. The van der Waals surface area contributed by atoms with Crippen LogP contribution in [-0.4, -0.2) is 23.7 Å². The molecule has 1 aliphatic carbocycles. The number of hydrogen-bond acceptors (Lipinski definition) is 4.